The van der Waals surface area contributed by atoms with Crippen molar-refractivity contribution in [1.29, 1.82) is 0 Å². The Balaban J connectivity index is 1.98. The molecule has 1 aliphatic carbocycles. The zero-order valence-corrected chi connectivity index (χ0v) is 13.4. The molecule has 0 atom stereocenters. The number of hydrogen-bond acceptors (Lipinski definition) is 3. The van der Waals surface area contributed by atoms with Crippen LogP contribution in [0.5, 0.6) is 0 Å². The first-order valence-electron chi connectivity index (χ1n) is 7.35. The number of esters is 1. The third kappa shape index (κ3) is 3.86. The Labute approximate surface area is 125 Å². The largest absolute Gasteiger partial charge is 0.452 e. The Morgan fingerprint density at radius 1 is 1.33 bits per heavy atom. The summed E-state index contributed by atoms with van der Waals surface area (Å²) in [7, 11) is 0. The van der Waals surface area contributed by atoms with E-state index in [1.54, 1.807) is 0 Å². The Hall–Kier alpha value is -1.78. The van der Waals surface area contributed by atoms with Crippen molar-refractivity contribution in [1.82, 2.24) is 9.88 Å². The number of hydrogen-bond donors (Lipinski definition) is 1. The first kappa shape index (κ1) is 15.6. The van der Waals surface area contributed by atoms with Crippen LogP contribution in [0.15, 0.2) is 6.07 Å². The van der Waals surface area contributed by atoms with Gasteiger partial charge in [0.25, 0.3) is 5.91 Å². The van der Waals surface area contributed by atoms with Crippen LogP contribution >= 0.6 is 0 Å². The SMILES string of the molecule is Cc1cc(C(=O)OCC(=O)NC(C)(C)C)c(C)n1C1CC1. The molecule has 1 heterocycles. The summed E-state index contributed by atoms with van der Waals surface area (Å²) in [6.07, 6.45) is 2.33. The summed E-state index contributed by atoms with van der Waals surface area (Å²) in [6, 6.07) is 2.37. The molecular formula is C16H24N2O3. The summed E-state index contributed by atoms with van der Waals surface area (Å²) in [6.45, 7) is 9.33. The third-order valence-corrected chi connectivity index (χ3v) is 3.47. The number of aryl methyl sites for hydroxylation is 1. The van der Waals surface area contributed by atoms with Crippen LogP contribution < -0.4 is 5.32 Å². The van der Waals surface area contributed by atoms with Gasteiger partial charge in [-0.05, 0) is 53.5 Å². The van der Waals surface area contributed by atoms with Crippen LogP contribution in [0.4, 0.5) is 0 Å². The minimum Gasteiger partial charge on any atom is -0.452 e. The zero-order chi connectivity index (χ0) is 15.8. The van der Waals surface area contributed by atoms with Crippen molar-refractivity contribution < 1.29 is 14.3 Å². The van der Waals surface area contributed by atoms with Gasteiger partial charge in [-0.1, -0.05) is 0 Å². The average Bonchev–Trinajstić information content (AvgIpc) is 3.11. The molecule has 116 valence electrons. The molecule has 0 saturated heterocycles. The maximum absolute atomic E-state index is 12.1. The lowest BCUT2D eigenvalue weighted by Gasteiger charge is -2.20. The number of ether oxygens (including phenoxy) is 1. The second-order valence-corrected chi connectivity index (χ2v) is 6.76. The molecule has 0 aliphatic heterocycles. The van der Waals surface area contributed by atoms with Crippen LogP contribution in [0.25, 0.3) is 0 Å². The fourth-order valence-electron chi connectivity index (χ4n) is 2.54. The molecule has 21 heavy (non-hydrogen) atoms. The second kappa shape index (κ2) is 5.54. The van der Waals surface area contributed by atoms with Gasteiger partial charge >= 0.3 is 5.97 Å². The lowest BCUT2D eigenvalue weighted by atomic mass is 10.1. The van der Waals surface area contributed by atoms with Crippen molar-refractivity contribution in [2.24, 2.45) is 0 Å². The van der Waals surface area contributed by atoms with E-state index in [1.165, 1.54) is 12.8 Å². The minimum absolute atomic E-state index is 0.247. The van der Waals surface area contributed by atoms with E-state index in [1.807, 2.05) is 40.7 Å². The molecule has 1 fully saturated rings. The van der Waals surface area contributed by atoms with Crippen LogP contribution in [0.2, 0.25) is 0 Å². The van der Waals surface area contributed by atoms with Gasteiger partial charge in [0, 0.05) is 23.0 Å². The molecule has 2 rings (SSSR count). The fourth-order valence-corrected chi connectivity index (χ4v) is 2.54. The van der Waals surface area contributed by atoms with Gasteiger partial charge in [0.2, 0.25) is 0 Å². The highest BCUT2D eigenvalue weighted by molar-refractivity contribution is 5.92. The number of rotatable bonds is 4. The predicted molar refractivity (Wildman–Crippen MR) is 80.4 cm³/mol. The monoisotopic (exact) mass is 292 g/mol. The molecule has 1 N–H and O–H groups in total. The number of nitrogens with zero attached hydrogens (tertiary/aromatic N) is 1. The highest BCUT2D eigenvalue weighted by Crippen LogP contribution is 2.38. The lowest BCUT2D eigenvalue weighted by Crippen LogP contribution is -2.42. The van der Waals surface area contributed by atoms with Gasteiger partial charge in [-0.25, -0.2) is 4.79 Å². The van der Waals surface area contributed by atoms with Crippen molar-refractivity contribution in [3.8, 4) is 0 Å². The summed E-state index contributed by atoms with van der Waals surface area (Å²) < 4.78 is 7.31. The van der Waals surface area contributed by atoms with Crippen LogP contribution in [-0.4, -0.2) is 28.6 Å². The van der Waals surface area contributed by atoms with Gasteiger partial charge < -0.3 is 14.6 Å². The highest BCUT2D eigenvalue weighted by atomic mass is 16.5. The molecule has 1 amide bonds. The van der Waals surface area contributed by atoms with Gasteiger partial charge in [-0.3, -0.25) is 4.79 Å². The number of nitrogens with one attached hydrogen (secondary N) is 1. The van der Waals surface area contributed by atoms with Crippen molar-refractivity contribution >= 4 is 11.9 Å². The molecular weight excluding hydrogens is 268 g/mol. The van der Waals surface area contributed by atoms with Crippen LogP contribution in [0, 0.1) is 13.8 Å². The van der Waals surface area contributed by atoms with E-state index in [2.05, 4.69) is 9.88 Å². The van der Waals surface area contributed by atoms with Crippen molar-refractivity contribution in [3.05, 3.63) is 23.0 Å². The molecule has 0 bridgehead atoms. The standard InChI is InChI=1S/C16H24N2O3/c1-10-8-13(11(2)18(10)12-6-7-12)15(20)21-9-14(19)17-16(3,4)5/h8,12H,6-7,9H2,1-5H3,(H,17,19). The van der Waals surface area contributed by atoms with Crippen LogP contribution in [-0.2, 0) is 9.53 Å². The summed E-state index contributed by atoms with van der Waals surface area (Å²) >= 11 is 0. The van der Waals surface area contributed by atoms with E-state index >= 15 is 0 Å². The van der Waals surface area contributed by atoms with Gasteiger partial charge in [0.15, 0.2) is 6.61 Å². The summed E-state index contributed by atoms with van der Waals surface area (Å²) in [5.74, 6) is -0.717. The van der Waals surface area contributed by atoms with Gasteiger partial charge in [0.05, 0.1) is 5.56 Å². The zero-order valence-electron chi connectivity index (χ0n) is 13.4. The molecule has 0 radical (unpaired) electrons. The maximum atomic E-state index is 12.1. The van der Waals surface area contributed by atoms with Gasteiger partial charge in [-0.15, -0.1) is 0 Å². The van der Waals surface area contributed by atoms with Crippen LogP contribution in [0.3, 0.4) is 0 Å². The summed E-state index contributed by atoms with van der Waals surface area (Å²) in [5.41, 5.74) is 2.23. The fraction of sp³-hybridized carbons (Fsp3) is 0.625. The van der Waals surface area contributed by atoms with Crippen molar-refractivity contribution in [2.45, 2.75) is 59.0 Å². The van der Waals surface area contributed by atoms with E-state index in [0.717, 1.165) is 11.4 Å². The molecule has 5 heteroatoms. The molecule has 0 aromatic carbocycles. The minimum atomic E-state index is -0.431. The van der Waals surface area contributed by atoms with E-state index in [0.29, 0.717) is 11.6 Å². The first-order chi connectivity index (χ1) is 9.69. The molecule has 1 aromatic rings. The van der Waals surface area contributed by atoms with E-state index in [4.69, 9.17) is 4.74 Å². The number of carbonyl (C=O) groups is 2. The normalized spacial score (nSPS) is 14.9. The molecule has 1 aromatic heterocycles. The Morgan fingerprint density at radius 2 is 1.95 bits per heavy atom. The topological polar surface area (TPSA) is 60.3 Å². The van der Waals surface area contributed by atoms with Crippen molar-refractivity contribution in [3.63, 3.8) is 0 Å². The molecule has 0 unspecified atom stereocenters. The highest BCUT2D eigenvalue weighted by Gasteiger charge is 2.29. The number of amides is 1. The van der Waals surface area contributed by atoms with Gasteiger partial charge in [0.1, 0.15) is 0 Å². The van der Waals surface area contributed by atoms with Gasteiger partial charge in [-0.2, -0.15) is 0 Å². The lowest BCUT2D eigenvalue weighted by molar-refractivity contribution is -0.125. The predicted octanol–water partition coefficient (Wildman–Crippen LogP) is 2.51. The third-order valence-electron chi connectivity index (χ3n) is 3.47. The Morgan fingerprint density at radius 3 is 2.48 bits per heavy atom. The Kier molecular flexibility index (Phi) is 4.12. The molecule has 0 spiro atoms. The van der Waals surface area contributed by atoms with E-state index < -0.39 is 5.97 Å². The Bertz CT molecular complexity index is 563. The molecule has 1 aliphatic rings. The molecule has 1 saturated carbocycles. The van der Waals surface area contributed by atoms with Crippen LogP contribution in [0.1, 0.15) is 61.4 Å². The van der Waals surface area contributed by atoms with E-state index in [-0.39, 0.29) is 18.1 Å². The second-order valence-electron chi connectivity index (χ2n) is 6.76. The average molecular weight is 292 g/mol. The summed E-state index contributed by atoms with van der Waals surface area (Å²) in [5, 5.41) is 2.76. The van der Waals surface area contributed by atoms with Crippen molar-refractivity contribution in [2.75, 3.05) is 6.61 Å². The quantitative estimate of drug-likeness (QED) is 0.867. The molecule has 5 nitrogen and oxygen atoms in total. The smallest absolute Gasteiger partial charge is 0.340 e. The summed E-state index contributed by atoms with van der Waals surface area (Å²) in [4.78, 5) is 23.8. The number of carbonyl (C=O) groups excluding carboxylic acids is 2. The first-order valence-corrected chi connectivity index (χ1v) is 7.35. The maximum Gasteiger partial charge on any atom is 0.340 e. The van der Waals surface area contributed by atoms with E-state index in [9.17, 15) is 9.59 Å². The number of aromatic nitrogens is 1.